The van der Waals surface area contributed by atoms with Gasteiger partial charge in [-0.3, -0.25) is 4.79 Å². The van der Waals surface area contributed by atoms with Gasteiger partial charge in [0.25, 0.3) is 0 Å². The van der Waals surface area contributed by atoms with E-state index in [1.807, 2.05) is 42.3 Å². The summed E-state index contributed by atoms with van der Waals surface area (Å²) in [5, 5.41) is 0. The van der Waals surface area contributed by atoms with Gasteiger partial charge >= 0.3 is 0 Å². The van der Waals surface area contributed by atoms with Gasteiger partial charge in [-0.25, -0.2) is 0 Å². The fraction of sp³-hybridized carbons (Fsp3) is 0.588. The lowest BCUT2D eigenvalue weighted by Gasteiger charge is -2.64. The van der Waals surface area contributed by atoms with Crippen LogP contribution in [0.5, 0.6) is 0 Å². The van der Waals surface area contributed by atoms with Crippen molar-refractivity contribution in [3.05, 3.63) is 30.3 Å². The van der Waals surface area contributed by atoms with Crippen LogP contribution >= 0.6 is 15.9 Å². The molecule has 3 aliphatic rings. The number of amides is 1. The fourth-order valence-electron chi connectivity index (χ4n) is 4.50. The number of nitrogens with zero attached hydrogens (tertiary/aromatic N) is 1. The summed E-state index contributed by atoms with van der Waals surface area (Å²) < 4.78 is 0. The monoisotopic (exact) mass is 335 g/mol. The Morgan fingerprint density at radius 1 is 1.20 bits per heavy atom. The number of para-hydroxylation sites is 1. The molecule has 1 aromatic carbocycles. The molecule has 0 heterocycles. The summed E-state index contributed by atoms with van der Waals surface area (Å²) in [6.07, 6.45) is 2.12. The lowest BCUT2D eigenvalue weighted by atomic mass is 9.43. The molecule has 2 bridgehead atoms. The Bertz CT molecular complexity index is 555. The van der Waals surface area contributed by atoms with Crippen molar-refractivity contribution in [1.82, 2.24) is 0 Å². The van der Waals surface area contributed by atoms with Crippen molar-refractivity contribution in [1.29, 1.82) is 0 Å². The Kier molecular flexibility index (Phi) is 2.89. The van der Waals surface area contributed by atoms with Gasteiger partial charge in [-0.15, -0.1) is 0 Å². The first-order chi connectivity index (χ1) is 9.29. The number of anilines is 1. The van der Waals surface area contributed by atoms with Crippen molar-refractivity contribution in [2.24, 2.45) is 16.2 Å². The molecule has 3 atom stereocenters. The smallest absolute Gasteiger partial charge is 0.234 e. The van der Waals surface area contributed by atoms with Gasteiger partial charge in [0.1, 0.15) is 0 Å². The molecule has 3 fully saturated rings. The Hall–Kier alpha value is -0.830. The van der Waals surface area contributed by atoms with Gasteiger partial charge in [0, 0.05) is 17.6 Å². The number of carbonyl (C=O) groups is 1. The van der Waals surface area contributed by atoms with E-state index in [2.05, 4.69) is 36.7 Å². The lowest BCUT2D eigenvalue weighted by molar-refractivity contribution is -0.158. The van der Waals surface area contributed by atoms with Crippen LogP contribution in [-0.4, -0.2) is 17.8 Å². The molecular weight excluding hydrogens is 314 g/mol. The van der Waals surface area contributed by atoms with Crippen LogP contribution < -0.4 is 4.90 Å². The Morgan fingerprint density at radius 2 is 1.80 bits per heavy atom. The highest BCUT2D eigenvalue weighted by atomic mass is 79.9. The minimum atomic E-state index is -0.258. The van der Waals surface area contributed by atoms with Crippen LogP contribution in [0.25, 0.3) is 0 Å². The Morgan fingerprint density at radius 3 is 2.25 bits per heavy atom. The van der Waals surface area contributed by atoms with Crippen LogP contribution in [0.3, 0.4) is 0 Å². The molecule has 4 rings (SSSR count). The summed E-state index contributed by atoms with van der Waals surface area (Å²) in [4.78, 5) is 15.3. The molecule has 1 amide bonds. The Balaban J connectivity index is 1.96. The molecule has 3 unspecified atom stereocenters. The zero-order chi connectivity index (χ0) is 14.8. The van der Waals surface area contributed by atoms with Gasteiger partial charge in [-0.2, -0.15) is 0 Å². The van der Waals surface area contributed by atoms with Gasteiger partial charge in [0.15, 0.2) is 0 Å². The molecular formula is C17H22BrNO. The second-order valence-corrected chi connectivity index (χ2v) is 7.99. The topological polar surface area (TPSA) is 20.3 Å². The van der Waals surface area contributed by atoms with Crippen molar-refractivity contribution in [2.45, 2.75) is 38.4 Å². The number of halogens is 1. The number of hydrogen-bond donors (Lipinski definition) is 0. The van der Waals surface area contributed by atoms with E-state index in [-0.39, 0.29) is 27.0 Å². The molecule has 0 saturated heterocycles. The SMILES string of the molecule is CN(C(=O)C12CCC(C)(C1Br)C2(C)C)c1ccccc1. The zero-order valence-corrected chi connectivity index (χ0v) is 14.2. The number of rotatable bonds is 2. The highest BCUT2D eigenvalue weighted by Gasteiger charge is 2.80. The van der Waals surface area contributed by atoms with Crippen LogP contribution in [0.15, 0.2) is 30.3 Å². The molecule has 0 aromatic heterocycles. The summed E-state index contributed by atoms with van der Waals surface area (Å²) in [5.74, 6) is 0.255. The van der Waals surface area contributed by atoms with Crippen LogP contribution in [0.1, 0.15) is 33.6 Å². The molecule has 0 aliphatic heterocycles. The molecule has 1 aromatic rings. The van der Waals surface area contributed by atoms with E-state index in [1.54, 1.807) is 0 Å². The van der Waals surface area contributed by atoms with E-state index < -0.39 is 0 Å². The predicted octanol–water partition coefficient (Wildman–Crippen LogP) is 4.24. The third kappa shape index (κ3) is 1.33. The van der Waals surface area contributed by atoms with Crippen molar-refractivity contribution < 1.29 is 4.79 Å². The number of alkyl halides is 1. The van der Waals surface area contributed by atoms with Crippen LogP contribution in [0, 0.1) is 16.2 Å². The molecule has 3 aliphatic carbocycles. The largest absolute Gasteiger partial charge is 0.315 e. The van der Waals surface area contributed by atoms with Gasteiger partial charge in [0.05, 0.1) is 5.41 Å². The summed E-state index contributed by atoms with van der Waals surface area (Å²) in [7, 11) is 1.90. The van der Waals surface area contributed by atoms with Gasteiger partial charge < -0.3 is 4.90 Å². The maximum Gasteiger partial charge on any atom is 0.234 e. The standard InChI is InChI=1S/C17H22BrNO/c1-15(2)16(3)10-11-17(15,13(16)18)14(20)19(4)12-8-6-5-7-9-12/h5-9,13H,10-11H2,1-4H3. The number of benzene rings is 1. The van der Waals surface area contributed by atoms with Crippen LogP contribution in [-0.2, 0) is 4.79 Å². The van der Waals surface area contributed by atoms with Crippen molar-refractivity contribution in [2.75, 3.05) is 11.9 Å². The highest BCUT2D eigenvalue weighted by molar-refractivity contribution is 9.09. The summed E-state index contributed by atoms with van der Waals surface area (Å²) in [5.41, 5.74) is 1.00. The molecule has 0 N–H and O–H groups in total. The van der Waals surface area contributed by atoms with Gasteiger partial charge in [-0.05, 0) is 35.8 Å². The molecule has 108 valence electrons. The first kappa shape index (κ1) is 14.1. The predicted molar refractivity (Wildman–Crippen MR) is 86.1 cm³/mol. The average molecular weight is 336 g/mol. The molecule has 0 spiro atoms. The highest BCUT2D eigenvalue weighted by Crippen LogP contribution is 2.80. The summed E-state index contributed by atoms with van der Waals surface area (Å²) in [6, 6.07) is 9.93. The van der Waals surface area contributed by atoms with Crippen molar-refractivity contribution in [3.63, 3.8) is 0 Å². The van der Waals surface area contributed by atoms with E-state index in [1.165, 1.54) is 0 Å². The second kappa shape index (κ2) is 4.09. The average Bonchev–Trinajstić information content (AvgIpc) is 2.86. The van der Waals surface area contributed by atoms with Gasteiger partial charge in [-0.1, -0.05) is 54.9 Å². The number of hydrogen-bond acceptors (Lipinski definition) is 1. The van der Waals surface area contributed by atoms with Crippen LogP contribution in [0.4, 0.5) is 5.69 Å². The minimum Gasteiger partial charge on any atom is -0.315 e. The van der Waals surface area contributed by atoms with Crippen LogP contribution in [0.2, 0.25) is 0 Å². The van der Waals surface area contributed by atoms with E-state index in [0.29, 0.717) is 0 Å². The molecule has 2 nitrogen and oxygen atoms in total. The van der Waals surface area contributed by atoms with Gasteiger partial charge in [0.2, 0.25) is 5.91 Å². The zero-order valence-electron chi connectivity index (χ0n) is 12.6. The maximum atomic E-state index is 13.2. The molecule has 20 heavy (non-hydrogen) atoms. The normalized spacial score (nSPS) is 37.4. The first-order valence-electron chi connectivity index (χ1n) is 7.26. The van der Waals surface area contributed by atoms with E-state index in [4.69, 9.17) is 0 Å². The number of carbonyl (C=O) groups excluding carboxylic acids is 1. The van der Waals surface area contributed by atoms with Crippen molar-refractivity contribution in [3.8, 4) is 0 Å². The lowest BCUT2D eigenvalue weighted by Crippen LogP contribution is -2.69. The molecule has 3 heteroatoms. The van der Waals surface area contributed by atoms with E-state index in [9.17, 15) is 4.79 Å². The van der Waals surface area contributed by atoms with E-state index >= 15 is 0 Å². The Labute approximate surface area is 129 Å². The first-order valence-corrected chi connectivity index (χ1v) is 8.18. The minimum absolute atomic E-state index is 0.0499. The quantitative estimate of drug-likeness (QED) is 0.740. The molecule has 3 saturated carbocycles. The summed E-state index contributed by atoms with van der Waals surface area (Å²) >= 11 is 3.84. The fourth-order valence-corrected chi connectivity index (χ4v) is 6.29. The number of fused-ring (bicyclic) bond motifs is 1. The molecule has 0 radical (unpaired) electrons. The van der Waals surface area contributed by atoms with E-state index in [0.717, 1.165) is 18.5 Å². The van der Waals surface area contributed by atoms with Crippen molar-refractivity contribution >= 4 is 27.5 Å². The maximum absolute atomic E-state index is 13.2. The third-order valence-electron chi connectivity index (χ3n) is 6.40. The summed E-state index contributed by atoms with van der Waals surface area (Å²) in [6.45, 7) is 6.83. The second-order valence-electron chi connectivity index (χ2n) is 7.08. The third-order valence-corrected chi connectivity index (χ3v) is 8.20.